The van der Waals surface area contributed by atoms with Crippen LogP contribution in [0.5, 0.6) is 5.75 Å². The van der Waals surface area contributed by atoms with E-state index in [1.807, 2.05) is 66.7 Å². The summed E-state index contributed by atoms with van der Waals surface area (Å²) in [6.07, 6.45) is 2.74. The number of halogens is 1. The highest BCUT2D eigenvalue weighted by Gasteiger charge is 2.19. The molecule has 6 heteroatoms. The highest BCUT2D eigenvalue weighted by atomic mass is 19.1. The van der Waals surface area contributed by atoms with Crippen LogP contribution in [0, 0.1) is 11.7 Å². The van der Waals surface area contributed by atoms with Crippen LogP contribution >= 0.6 is 0 Å². The van der Waals surface area contributed by atoms with Crippen molar-refractivity contribution in [2.45, 2.75) is 19.5 Å². The van der Waals surface area contributed by atoms with Gasteiger partial charge in [0, 0.05) is 30.8 Å². The second-order valence-corrected chi connectivity index (χ2v) is 9.26. The van der Waals surface area contributed by atoms with Crippen molar-refractivity contribution < 1.29 is 18.7 Å². The molecule has 0 bridgehead atoms. The zero-order valence-electron chi connectivity index (χ0n) is 20.6. The molecule has 0 saturated carbocycles. The largest absolute Gasteiger partial charge is 0.493 e. The van der Waals surface area contributed by atoms with Crippen molar-refractivity contribution in [3.63, 3.8) is 0 Å². The van der Waals surface area contributed by atoms with Crippen LogP contribution in [0.4, 0.5) is 4.39 Å². The zero-order chi connectivity index (χ0) is 25.5. The van der Waals surface area contributed by atoms with E-state index in [4.69, 9.17) is 9.47 Å². The van der Waals surface area contributed by atoms with Gasteiger partial charge in [-0.1, -0.05) is 42.5 Å². The van der Waals surface area contributed by atoms with Crippen molar-refractivity contribution in [1.82, 2.24) is 9.88 Å². The molecular weight excluding hydrogens is 467 g/mol. The van der Waals surface area contributed by atoms with Gasteiger partial charge in [0.05, 0.1) is 25.5 Å². The summed E-state index contributed by atoms with van der Waals surface area (Å²) in [6.45, 7) is 2.89. The fourth-order valence-corrected chi connectivity index (χ4v) is 4.45. The number of carbonyl (C=O) groups is 1. The first-order chi connectivity index (χ1) is 18.1. The topological polar surface area (TPSA) is 51.7 Å². The lowest BCUT2D eigenvalue weighted by molar-refractivity contribution is 0.0727. The molecule has 37 heavy (non-hydrogen) atoms. The van der Waals surface area contributed by atoms with E-state index in [-0.39, 0.29) is 11.7 Å². The number of hydrogen-bond donors (Lipinski definition) is 0. The first kappa shape index (κ1) is 24.7. The van der Waals surface area contributed by atoms with Gasteiger partial charge in [0.25, 0.3) is 5.91 Å². The quantitative estimate of drug-likeness (QED) is 0.279. The summed E-state index contributed by atoms with van der Waals surface area (Å²) < 4.78 is 25.3. The minimum absolute atomic E-state index is 0.127. The molecule has 188 valence electrons. The number of rotatable bonds is 9. The predicted octanol–water partition coefficient (Wildman–Crippen LogP) is 6.15. The van der Waals surface area contributed by atoms with Crippen molar-refractivity contribution in [2.75, 3.05) is 19.8 Å². The number of hydrogen-bond acceptors (Lipinski definition) is 4. The Balaban J connectivity index is 1.37. The van der Waals surface area contributed by atoms with Gasteiger partial charge in [0.15, 0.2) is 0 Å². The fourth-order valence-electron chi connectivity index (χ4n) is 4.45. The smallest absolute Gasteiger partial charge is 0.254 e. The van der Waals surface area contributed by atoms with Crippen LogP contribution in [-0.2, 0) is 17.8 Å². The van der Waals surface area contributed by atoms with Gasteiger partial charge in [-0.2, -0.15) is 0 Å². The van der Waals surface area contributed by atoms with Crippen molar-refractivity contribution >= 4 is 5.91 Å². The number of amides is 1. The van der Waals surface area contributed by atoms with Crippen molar-refractivity contribution in [3.8, 4) is 16.9 Å². The average molecular weight is 497 g/mol. The van der Waals surface area contributed by atoms with E-state index in [1.165, 1.54) is 12.1 Å². The molecule has 5 nitrogen and oxygen atoms in total. The third kappa shape index (κ3) is 6.60. The average Bonchev–Trinajstić information content (AvgIpc) is 3.46. The van der Waals surface area contributed by atoms with Crippen LogP contribution < -0.4 is 4.74 Å². The Labute approximate surface area is 216 Å². The van der Waals surface area contributed by atoms with Gasteiger partial charge in [0.2, 0.25) is 0 Å². The molecule has 1 aromatic heterocycles. The molecule has 5 rings (SSSR count). The Bertz CT molecular complexity index is 1340. The summed E-state index contributed by atoms with van der Waals surface area (Å²) in [5, 5.41) is 0. The van der Waals surface area contributed by atoms with E-state index in [2.05, 4.69) is 4.98 Å². The number of benzene rings is 3. The molecule has 0 N–H and O–H groups in total. The van der Waals surface area contributed by atoms with Gasteiger partial charge in [-0.3, -0.25) is 9.78 Å². The first-order valence-electron chi connectivity index (χ1n) is 12.5. The summed E-state index contributed by atoms with van der Waals surface area (Å²) in [5.74, 6) is 0.755. The molecule has 4 aromatic rings. The van der Waals surface area contributed by atoms with Crippen molar-refractivity contribution in [3.05, 3.63) is 120 Å². The van der Waals surface area contributed by atoms with E-state index in [1.54, 1.807) is 23.2 Å². The number of carbonyl (C=O) groups excluding carboxylic acids is 1. The van der Waals surface area contributed by atoms with Gasteiger partial charge in [0.1, 0.15) is 11.6 Å². The van der Waals surface area contributed by atoms with Gasteiger partial charge >= 0.3 is 0 Å². The molecule has 1 aliphatic heterocycles. The molecule has 1 fully saturated rings. The molecule has 0 unspecified atom stereocenters. The van der Waals surface area contributed by atoms with Crippen LogP contribution in [-0.4, -0.2) is 35.6 Å². The van der Waals surface area contributed by atoms with Gasteiger partial charge in [-0.05, 0) is 71.6 Å². The molecular formula is C31H29FN2O3. The van der Waals surface area contributed by atoms with Gasteiger partial charge in [-0.15, -0.1) is 0 Å². The number of ether oxygens (including phenoxy) is 2. The van der Waals surface area contributed by atoms with E-state index in [0.29, 0.717) is 31.2 Å². The Hall–Kier alpha value is -4.03. The second kappa shape index (κ2) is 11.8. The monoisotopic (exact) mass is 496 g/mol. The third-order valence-electron chi connectivity index (χ3n) is 6.42. The first-order valence-corrected chi connectivity index (χ1v) is 12.5. The lowest BCUT2D eigenvalue weighted by atomic mass is 10.0. The van der Waals surface area contributed by atoms with Crippen molar-refractivity contribution in [1.29, 1.82) is 0 Å². The summed E-state index contributed by atoms with van der Waals surface area (Å²) in [7, 11) is 0. The molecule has 1 atom stereocenters. The van der Waals surface area contributed by atoms with Crippen LogP contribution in [0.2, 0.25) is 0 Å². The Morgan fingerprint density at radius 1 is 0.946 bits per heavy atom. The maximum absolute atomic E-state index is 13.8. The lowest BCUT2D eigenvalue weighted by Gasteiger charge is -2.23. The molecule has 0 spiro atoms. The Morgan fingerprint density at radius 3 is 2.57 bits per heavy atom. The molecule has 0 aliphatic carbocycles. The zero-order valence-corrected chi connectivity index (χ0v) is 20.6. The van der Waals surface area contributed by atoms with E-state index < -0.39 is 0 Å². The summed E-state index contributed by atoms with van der Waals surface area (Å²) in [5.41, 5.74) is 3.81. The Morgan fingerprint density at radius 2 is 1.78 bits per heavy atom. The molecule has 2 heterocycles. The highest BCUT2D eigenvalue weighted by molar-refractivity contribution is 5.95. The highest BCUT2D eigenvalue weighted by Crippen LogP contribution is 2.24. The predicted molar refractivity (Wildman–Crippen MR) is 141 cm³/mol. The summed E-state index contributed by atoms with van der Waals surface area (Å²) in [6, 6.07) is 27.2. The molecule has 1 aliphatic rings. The van der Waals surface area contributed by atoms with E-state index in [9.17, 15) is 9.18 Å². The van der Waals surface area contributed by atoms with Crippen LogP contribution in [0.3, 0.4) is 0 Å². The van der Waals surface area contributed by atoms with Crippen LogP contribution in [0.1, 0.15) is 28.0 Å². The minimum Gasteiger partial charge on any atom is -0.493 e. The molecule has 3 aromatic carbocycles. The fraction of sp³-hybridized carbons (Fsp3) is 0.226. The Kier molecular flexibility index (Phi) is 7.87. The number of nitrogens with zero attached hydrogens (tertiary/aromatic N) is 2. The lowest BCUT2D eigenvalue weighted by Crippen LogP contribution is -2.30. The maximum atomic E-state index is 13.8. The molecule has 1 saturated heterocycles. The molecule has 1 amide bonds. The normalized spacial score (nSPS) is 14.9. The van der Waals surface area contributed by atoms with E-state index in [0.717, 1.165) is 47.8 Å². The maximum Gasteiger partial charge on any atom is 0.254 e. The van der Waals surface area contributed by atoms with E-state index >= 15 is 0 Å². The number of pyridine rings is 1. The van der Waals surface area contributed by atoms with Gasteiger partial charge in [-0.25, -0.2) is 4.39 Å². The van der Waals surface area contributed by atoms with Gasteiger partial charge < -0.3 is 14.4 Å². The van der Waals surface area contributed by atoms with Crippen molar-refractivity contribution in [2.24, 2.45) is 5.92 Å². The second-order valence-electron chi connectivity index (χ2n) is 9.26. The standard InChI is InChI=1S/C31H29FN2O3/c32-28-10-5-8-26(18-28)25-7-4-9-27(17-25)31(35)34(20-29-11-1-2-14-33-29)19-23-6-3-12-30(16-23)37-22-24-13-15-36-21-24/h1-12,14,16-18,24H,13,15,19-22H2/t24-/m0/s1. The third-order valence-corrected chi connectivity index (χ3v) is 6.42. The summed E-state index contributed by atoms with van der Waals surface area (Å²) >= 11 is 0. The number of aromatic nitrogens is 1. The summed E-state index contributed by atoms with van der Waals surface area (Å²) in [4.78, 5) is 20.0. The minimum atomic E-state index is -0.312. The van der Waals surface area contributed by atoms with Crippen LogP contribution in [0.15, 0.2) is 97.2 Å². The van der Waals surface area contributed by atoms with Crippen LogP contribution in [0.25, 0.3) is 11.1 Å². The SMILES string of the molecule is O=C(c1cccc(-c2cccc(F)c2)c1)N(Cc1cccc(OC[C@H]2CCOC2)c1)Cc1ccccn1. The molecule has 0 radical (unpaired) electrons.